The molecule has 0 bridgehead atoms. The van der Waals surface area contributed by atoms with Gasteiger partial charge in [-0.2, -0.15) is 11.3 Å². The highest BCUT2D eigenvalue weighted by Gasteiger charge is 2.12. The largest absolute Gasteiger partial charge is 0.341 e. The molecule has 0 aliphatic heterocycles. The summed E-state index contributed by atoms with van der Waals surface area (Å²) in [5, 5.41) is 4.84. The summed E-state index contributed by atoms with van der Waals surface area (Å²) in [4.78, 5) is 21.6. The molecule has 124 valence electrons. The van der Waals surface area contributed by atoms with Crippen molar-refractivity contribution in [3.8, 4) is 11.3 Å². The summed E-state index contributed by atoms with van der Waals surface area (Å²) in [6.45, 7) is 0.644. The first-order valence-electron chi connectivity index (χ1n) is 7.30. The molecule has 3 aromatic rings. The van der Waals surface area contributed by atoms with Crippen molar-refractivity contribution in [3.05, 3.63) is 57.3 Å². The van der Waals surface area contributed by atoms with E-state index >= 15 is 0 Å². The molecule has 0 radical (unpaired) electrons. The summed E-state index contributed by atoms with van der Waals surface area (Å²) in [5.41, 5.74) is 3.18. The number of rotatable bonds is 6. The van der Waals surface area contributed by atoms with Crippen LogP contribution in [0.2, 0.25) is 0 Å². The number of hydrogen-bond donors (Lipinski definition) is 1. The predicted molar refractivity (Wildman–Crippen MR) is 103 cm³/mol. The van der Waals surface area contributed by atoms with Gasteiger partial charge in [0, 0.05) is 18.1 Å². The van der Waals surface area contributed by atoms with E-state index in [-0.39, 0.29) is 5.91 Å². The quantitative estimate of drug-likeness (QED) is 0.589. The second-order valence-electron chi connectivity index (χ2n) is 5.28. The van der Waals surface area contributed by atoms with Gasteiger partial charge in [0.05, 0.1) is 17.6 Å². The minimum Gasteiger partial charge on any atom is -0.341 e. The van der Waals surface area contributed by atoms with Crippen molar-refractivity contribution in [2.75, 3.05) is 12.8 Å². The minimum atomic E-state index is 0.0905. The molecule has 0 aliphatic carbocycles. The molecule has 2 heterocycles. The van der Waals surface area contributed by atoms with Gasteiger partial charge in [0.2, 0.25) is 5.91 Å². The number of benzene rings is 1. The molecule has 0 saturated heterocycles. The standard InChI is InChI=1S/C17H16BrN3OS2/c1-21(9-12-6-7-23-10-12)16(22)11-24-17-19-8-15(20-17)13-2-4-14(18)5-3-13/h2-8,10H,9,11H2,1H3,(H,19,20). The number of H-pyrrole nitrogens is 1. The Hall–Kier alpha value is -1.57. The van der Waals surface area contributed by atoms with Crippen molar-refractivity contribution in [2.24, 2.45) is 0 Å². The third-order valence-corrected chi connectivity index (χ3v) is 5.60. The molecule has 0 unspecified atom stereocenters. The first-order valence-corrected chi connectivity index (χ1v) is 10.0. The Morgan fingerprint density at radius 2 is 2.12 bits per heavy atom. The van der Waals surface area contributed by atoms with E-state index in [9.17, 15) is 4.79 Å². The van der Waals surface area contributed by atoms with Gasteiger partial charge in [-0.15, -0.1) is 0 Å². The van der Waals surface area contributed by atoms with Crippen LogP contribution < -0.4 is 0 Å². The number of hydrogen-bond acceptors (Lipinski definition) is 4. The van der Waals surface area contributed by atoms with Gasteiger partial charge in [-0.3, -0.25) is 4.79 Å². The van der Waals surface area contributed by atoms with Gasteiger partial charge in [0.25, 0.3) is 0 Å². The second kappa shape index (κ2) is 8.00. The molecular formula is C17H16BrN3OS2. The maximum atomic E-state index is 12.2. The molecule has 24 heavy (non-hydrogen) atoms. The molecule has 2 aromatic heterocycles. The number of carbonyl (C=O) groups is 1. The Bertz CT molecular complexity index is 800. The van der Waals surface area contributed by atoms with Gasteiger partial charge in [-0.05, 0) is 40.1 Å². The average Bonchev–Trinajstić information content (AvgIpc) is 3.25. The van der Waals surface area contributed by atoms with Gasteiger partial charge in [0.15, 0.2) is 5.16 Å². The normalized spacial score (nSPS) is 10.8. The van der Waals surface area contributed by atoms with Crippen LogP contribution >= 0.6 is 39.0 Å². The van der Waals surface area contributed by atoms with Crippen LogP contribution in [-0.4, -0.2) is 33.6 Å². The van der Waals surface area contributed by atoms with Gasteiger partial charge in [0.1, 0.15) is 0 Å². The van der Waals surface area contributed by atoms with Crippen LogP contribution in [0, 0.1) is 0 Å². The Kier molecular flexibility index (Phi) is 5.76. The number of aromatic nitrogens is 2. The third-order valence-electron chi connectivity index (χ3n) is 3.47. The lowest BCUT2D eigenvalue weighted by Crippen LogP contribution is -2.27. The summed E-state index contributed by atoms with van der Waals surface area (Å²) >= 11 is 6.49. The van der Waals surface area contributed by atoms with Crippen LogP contribution in [-0.2, 0) is 11.3 Å². The Morgan fingerprint density at radius 1 is 1.33 bits per heavy atom. The predicted octanol–water partition coefficient (Wildman–Crippen LogP) is 4.65. The highest BCUT2D eigenvalue weighted by atomic mass is 79.9. The van der Waals surface area contributed by atoms with Gasteiger partial charge >= 0.3 is 0 Å². The number of thiophene rings is 1. The molecule has 1 N–H and O–H groups in total. The Labute approximate surface area is 157 Å². The SMILES string of the molecule is CN(Cc1ccsc1)C(=O)CSc1ncc(-c2ccc(Br)cc2)[nH]1. The van der Waals surface area contributed by atoms with Crippen molar-refractivity contribution in [3.63, 3.8) is 0 Å². The van der Waals surface area contributed by atoms with Crippen molar-refractivity contribution < 1.29 is 4.79 Å². The van der Waals surface area contributed by atoms with Crippen LogP contribution in [0.5, 0.6) is 0 Å². The zero-order chi connectivity index (χ0) is 16.9. The van der Waals surface area contributed by atoms with E-state index in [0.717, 1.165) is 26.4 Å². The third kappa shape index (κ3) is 4.49. The maximum absolute atomic E-state index is 12.2. The summed E-state index contributed by atoms with van der Waals surface area (Å²) in [6, 6.07) is 10.1. The number of amides is 1. The average molecular weight is 422 g/mol. The molecular weight excluding hydrogens is 406 g/mol. The zero-order valence-electron chi connectivity index (χ0n) is 13.0. The van der Waals surface area contributed by atoms with Crippen LogP contribution in [0.1, 0.15) is 5.56 Å². The van der Waals surface area contributed by atoms with Gasteiger partial charge in [-0.1, -0.05) is 39.8 Å². The van der Waals surface area contributed by atoms with Crippen molar-refractivity contribution >= 4 is 44.9 Å². The molecule has 0 saturated carbocycles. The van der Waals surface area contributed by atoms with Crippen LogP contribution in [0.3, 0.4) is 0 Å². The number of thioether (sulfide) groups is 1. The molecule has 1 amide bonds. The maximum Gasteiger partial charge on any atom is 0.233 e. The second-order valence-corrected chi connectivity index (χ2v) is 7.94. The fourth-order valence-electron chi connectivity index (χ4n) is 2.14. The lowest BCUT2D eigenvalue weighted by atomic mass is 10.2. The fourth-order valence-corrected chi connectivity index (χ4v) is 3.85. The van der Waals surface area contributed by atoms with Crippen molar-refractivity contribution in [1.82, 2.24) is 14.9 Å². The van der Waals surface area contributed by atoms with E-state index in [1.54, 1.807) is 22.4 Å². The molecule has 0 aliphatic rings. The molecule has 3 rings (SSSR count). The first-order chi connectivity index (χ1) is 11.6. The molecule has 0 fully saturated rings. The number of halogens is 1. The fraction of sp³-hybridized carbons (Fsp3) is 0.176. The topological polar surface area (TPSA) is 49.0 Å². The Morgan fingerprint density at radius 3 is 2.83 bits per heavy atom. The van der Waals surface area contributed by atoms with Crippen LogP contribution in [0.15, 0.2) is 56.9 Å². The first kappa shape index (κ1) is 17.3. The van der Waals surface area contributed by atoms with Crippen LogP contribution in [0.4, 0.5) is 0 Å². The monoisotopic (exact) mass is 421 g/mol. The molecule has 0 atom stereocenters. The van der Waals surface area contributed by atoms with Crippen LogP contribution in [0.25, 0.3) is 11.3 Å². The molecule has 1 aromatic carbocycles. The van der Waals surface area contributed by atoms with Crippen molar-refractivity contribution in [2.45, 2.75) is 11.7 Å². The summed E-state index contributed by atoms with van der Waals surface area (Å²) in [6.07, 6.45) is 1.80. The smallest absolute Gasteiger partial charge is 0.233 e. The van der Waals surface area contributed by atoms with E-state index in [1.807, 2.05) is 42.8 Å². The lowest BCUT2D eigenvalue weighted by Gasteiger charge is -2.15. The van der Waals surface area contributed by atoms with E-state index in [0.29, 0.717) is 12.3 Å². The molecule has 4 nitrogen and oxygen atoms in total. The Balaban J connectivity index is 1.55. The van der Waals surface area contributed by atoms with E-state index in [4.69, 9.17) is 0 Å². The van der Waals surface area contributed by atoms with Gasteiger partial charge in [-0.25, -0.2) is 4.98 Å². The lowest BCUT2D eigenvalue weighted by molar-refractivity contribution is -0.127. The van der Waals surface area contributed by atoms with Crippen molar-refractivity contribution in [1.29, 1.82) is 0 Å². The number of aromatic amines is 1. The van der Waals surface area contributed by atoms with E-state index < -0.39 is 0 Å². The van der Waals surface area contributed by atoms with E-state index in [2.05, 4.69) is 31.3 Å². The molecule has 7 heteroatoms. The van der Waals surface area contributed by atoms with Gasteiger partial charge < -0.3 is 9.88 Å². The zero-order valence-corrected chi connectivity index (χ0v) is 16.2. The molecule has 0 spiro atoms. The number of imidazole rings is 1. The number of nitrogens with zero attached hydrogens (tertiary/aromatic N) is 2. The highest BCUT2D eigenvalue weighted by Crippen LogP contribution is 2.23. The number of nitrogens with one attached hydrogen (secondary N) is 1. The van der Waals surface area contributed by atoms with E-state index in [1.165, 1.54) is 11.8 Å². The number of carbonyl (C=O) groups excluding carboxylic acids is 1. The minimum absolute atomic E-state index is 0.0905. The summed E-state index contributed by atoms with van der Waals surface area (Å²) in [5.74, 6) is 0.460. The highest BCUT2D eigenvalue weighted by molar-refractivity contribution is 9.10. The summed E-state index contributed by atoms with van der Waals surface area (Å²) in [7, 11) is 1.83. The summed E-state index contributed by atoms with van der Waals surface area (Å²) < 4.78 is 1.04.